The highest BCUT2D eigenvalue weighted by Gasteiger charge is 2.54. The quantitative estimate of drug-likeness (QED) is 0.871. The van der Waals surface area contributed by atoms with Gasteiger partial charge in [-0.15, -0.1) is 10.2 Å². The number of nitrogens with zero attached hydrogens (tertiary/aromatic N) is 2. The Morgan fingerprint density at radius 1 is 1.22 bits per heavy atom. The molecule has 0 amide bonds. The molecule has 1 N–H and O–H groups in total. The maximum Gasteiger partial charge on any atom is 0.220 e. The van der Waals surface area contributed by atoms with Crippen LogP contribution in [-0.4, -0.2) is 22.8 Å². The molecule has 18 heavy (non-hydrogen) atoms. The van der Waals surface area contributed by atoms with E-state index < -0.39 is 0 Å². The number of aromatic nitrogens is 2. The smallest absolute Gasteiger partial charge is 0.220 e. The van der Waals surface area contributed by atoms with Gasteiger partial charge >= 0.3 is 0 Å². The lowest BCUT2D eigenvalue weighted by Gasteiger charge is -2.04. The first-order valence-electron chi connectivity index (χ1n) is 7.31. The molecule has 2 unspecified atom stereocenters. The summed E-state index contributed by atoms with van der Waals surface area (Å²) in [6, 6.07) is 0.513. The molecule has 1 aromatic heterocycles. The molecule has 100 valence electrons. The van der Waals surface area contributed by atoms with Crippen LogP contribution in [0.4, 0.5) is 0 Å². The fourth-order valence-corrected chi connectivity index (χ4v) is 3.33. The van der Waals surface area contributed by atoms with Gasteiger partial charge in [-0.05, 0) is 24.7 Å². The molecule has 2 aliphatic carbocycles. The van der Waals surface area contributed by atoms with Crippen molar-refractivity contribution < 1.29 is 4.42 Å². The highest BCUT2D eigenvalue weighted by atomic mass is 16.4. The van der Waals surface area contributed by atoms with Crippen molar-refractivity contribution >= 4 is 0 Å². The Balaban J connectivity index is 1.54. The van der Waals surface area contributed by atoms with Gasteiger partial charge in [0.2, 0.25) is 11.8 Å². The van der Waals surface area contributed by atoms with Gasteiger partial charge in [-0.1, -0.05) is 26.7 Å². The third-order valence-electron chi connectivity index (χ3n) is 4.32. The van der Waals surface area contributed by atoms with E-state index in [0.29, 0.717) is 12.0 Å². The minimum absolute atomic E-state index is 0.513. The summed E-state index contributed by atoms with van der Waals surface area (Å²) >= 11 is 0. The Morgan fingerprint density at radius 2 is 1.94 bits per heavy atom. The monoisotopic (exact) mass is 249 g/mol. The maximum atomic E-state index is 5.82. The fraction of sp³-hybridized carbons (Fsp3) is 0.857. The minimum Gasteiger partial charge on any atom is -0.425 e. The molecule has 2 atom stereocenters. The molecular formula is C14H23N3O. The standard InChI is InChI=1S/C14H23N3O/c1-9(2)15-8-7-12-16-17-14(18-12)13-10-5-3-4-6-11(10)13/h9-11,13,15H,3-8H2,1-2H3. The first-order valence-corrected chi connectivity index (χ1v) is 7.31. The van der Waals surface area contributed by atoms with Crippen LogP contribution in [0.15, 0.2) is 4.42 Å². The molecule has 4 nitrogen and oxygen atoms in total. The Bertz CT molecular complexity index is 389. The normalized spacial score (nSPS) is 30.5. The minimum atomic E-state index is 0.513. The molecule has 0 aliphatic heterocycles. The molecule has 0 spiro atoms. The van der Waals surface area contributed by atoms with Gasteiger partial charge in [0, 0.05) is 24.9 Å². The van der Waals surface area contributed by atoms with Crippen LogP contribution in [0.2, 0.25) is 0 Å². The molecule has 2 fully saturated rings. The van der Waals surface area contributed by atoms with Gasteiger partial charge in [-0.25, -0.2) is 0 Å². The zero-order valence-corrected chi connectivity index (χ0v) is 11.4. The second-order valence-corrected chi connectivity index (χ2v) is 6.03. The number of hydrogen-bond donors (Lipinski definition) is 1. The number of nitrogens with one attached hydrogen (secondary N) is 1. The molecule has 0 saturated heterocycles. The number of hydrogen-bond acceptors (Lipinski definition) is 4. The van der Waals surface area contributed by atoms with Crippen molar-refractivity contribution in [1.29, 1.82) is 0 Å². The Labute approximate surface area is 109 Å². The van der Waals surface area contributed by atoms with Gasteiger partial charge in [0.1, 0.15) is 0 Å². The lowest BCUT2D eigenvalue weighted by atomic mass is 10.0. The Morgan fingerprint density at radius 3 is 2.61 bits per heavy atom. The number of rotatable bonds is 5. The summed E-state index contributed by atoms with van der Waals surface area (Å²) in [6.45, 7) is 5.21. The second kappa shape index (κ2) is 5.00. The molecule has 0 aromatic carbocycles. The van der Waals surface area contributed by atoms with Gasteiger partial charge in [0.05, 0.1) is 0 Å². The van der Waals surface area contributed by atoms with Gasteiger partial charge in [-0.3, -0.25) is 0 Å². The highest BCUT2D eigenvalue weighted by molar-refractivity contribution is 5.14. The largest absolute Gasteiger partial charge is 0.425 e. The third kappa shape index (κ3) is 2.44. The summed E-state index contributed by atoms with van der Waals surface area (Å²) in [4.78, 5) is 0. The molecule has 1 aromatic rings. The van der Waals surface area contributed by atoms with Gasteiger partial charge in [0.25, 0.3) is 0 Å². The van der Waals surface area contributed by atoms with Crippen LogP contribution in [0, 0.1) is 11.8 Å². The fourth-order valence-electron chi connectivity index (χ4n) is 3.33. The zero-order valence-electron chi connectivity index (χ0n) is 11.4. The van der Waals surface area contributed by atoms with E-state index in [1.165, 1.54) is 25.7 Å². The van der Waals surface area contributed by atoms with Crippen LogP contribution in [0.3, 0.4) is 0 Å². The van der Waals surface area contributed by atoms with Crippen LogP contribution in [0.1, 0.15) is 57.2 Å². The molecule has 4 heteroatoms. The topological polar surface area (TPSA) is 51.0 Å². The summed E-state index contributed by atoms with van der Waals surface area (Å²) in [7, 11) is 0. The van der Waals surface area contributed by atoms with Crippen molar-refractivity contribution in [2.45, 2.75) is 57.9 Å². The van der Waals surface area contributed by atoms with Gasteiger partial charge in [0.15, 0.2) is 0 Å². The molecule has 2 aliphatic rings. The first-order chi connectivity index (χ1) is 8.75. The Hall–Kier alpha value is -0.900. The van der Waals surface area contributed by atoms with E-state index in [1.54, 1.807) is 0 Å². The molecular weight excluding hydrogens is 226 g/mol. The van der Waals surface area contributed by atoms with Crippen LogP contribution in [0.25, 0.3) is 0 Å². The van der Waals surface area contributed by atoms with Crippen LogP contribution < -0.4 is 5.32 Å². The number of fused-ring (bicyclic) bond motifs is 1. The predicted octanol–water partition coefficient (Wildman–Crippen LogP) is 2.51. The van der Waals surface area contributed by atoms with Crippen molar-refractivity contribution in [3.63, 3.8) is 0 Å². The molecule has 1 heterocycles. The molecule has 0 radical (unpaired) electrons. The first kappa shape index (κ1) is 12.2. The average Bonchev–Trinajstić information content (AvgIpc) is 2.91. The summed E-state index contributed by atoms with van der Waals surface area (Å²) in [6.07, 6.45) is 6.34. The van der Waals surface area contributed by atoms with Crippen LogP contribution >= 0.6 is 0 Å². The molecule has 3 rings (SSSR count). The van der Waals surface area contributed by atoms with Gasteiger partial charge in [-0.2, -0.15) is 0 Å². The second-order valence-electron chi connectivity index (χ2n) is 6.03. The van der Waals surface area contributed by atoms with E-state index >= 15 is 0 Å². The predicted molar refractivity (Wildman–Crippen MR) is 69.3 cm³/mol. The van der Waals surface area contributed by atoms with Crippen molar-refractivity contribution in [2.75, 3.05) is 6.54 Å². The average molecular weight is 249 g/mol. The van der Waals surface area contributed by atoms with E-state index in [9.17, 15) is 0 Å². The Kier molecular flexibility index (Phi) is 3.37. The van der Waals surface area contributed by atoms with E-state index in [2.05, 4.69) is 29.4 Å². The van der Waals surface area contributed by atoms with Crippen molar-refractivity contribution in [3.05, 3.63) is 11.8 Å². The summed E-state index contributed by atoms with van der Waals surface area (Å²) in [5, 5.41) is 11.8. The lowest BCUT2D eigenvalue weighted by molar-refractivity contribution is 0.433. The van der Waals surface area contributed by atoms with Crippen LogP contribution in [0.5, 0.6) is 0 Å². The highest BCUT2D eigenvalue weighted by Crippen LogP contribution is 2.60. The molecule has 0 bridgehead atoms. The summed E-state index contributed by atoms with van der Waals surface area (Å²) in [5.74, 6) is 3.99. The van der Waals surface area contributed by atoms with Crippen molar-refractivity contribution in [1.82, 2.24) is 15.5 Å². The van der Waals surface area contributed by atoms with Crippen molar-refractivity contribution in [2.24, 2.45) is 11.8 Å². The zero-order chi connectivity index (χ0) is 12.5. The molecule has 2 saturated carbocycles. The SMILES string of the molecule is CC(C)NCCc1nnc(C2C3CCCCC32)o1. The summed E-state index contributed by atoms with van der Waals surface area (Å²) in [5.41, 5.74) is 0. The van der Waals surface area contributed by atoms with E-state index in [-0.39, 0.29) is 0 Å². The summed E-state index contributed by atoms with van der Waals surface area (Å²) < 4.78 is 5.82. The van der Waals surface area contributed by atoms with E-state index in [0.717, 1.165) is 36.6 Å². The van der Waals surface area contributed by atoms with E-state index in [1.807, 2.05) is 0 Å². The van der Waals surface area contributed by atoms with Crippen molar-refractivity contribution in [3.8, 4) is 0 Å². The van der Waals surface area contributed by atoms with E-state index in [4.69, 9.17) is 4.42 Å². The third-order valence-corrected chi connectivity index (χ3v) is 4.32. The van der Waals surface area contributed by atoms with Gasteiger partial charge < -0.3 is 9.73 Å². The lowest BCUT2D eigenvalue weighted by Crippen LogP contribution is -2.25. The van der Waals surface area contributed by atoms with Crippen LogP contribution in [-0.2, 0) is 6.42 Å². The maximum absolute atomic E-state index is 5.82.